The van der Waals surface area contributed by atoms with Gasteiger partial charge in [-0.15, -0.1) is 0 Å². The number of nitrogens with zero attached hydrogens (tertiary/aromatic N) is 6. The number of nitrogens with one attached hydrogen (secondary N) is 2. The minimum absolute atomic E-state index is 0.199. The van der Waals surface area contributed by atoms with Crippen molar-refractivity contribution in [2.45, 2.75) is 12.7 Å². The molecule has 4 aromatic heterocycles. The van der Waals surface area contributed by atoms with Gasteiger partial charge in [-0.05, 0) is 11.6 Å². The van der Waals surface area contributed by atoms with E-state index < -0.39 is 19.3 Å². The lowest BCUT2D eigenvalue weighted by Gasteiger charge is -2.14. The Hall–Kier alpha value is -3.70. The lowest BCUT2D eigenvalue weighted by Crippen LogP contribution is -2.15. The maximum absolute atomic E-state index is 13.7. The molecule has 0 aromatic carbocycles. The number of anilines is 2. The summed E-state index contributed by atoms with van der Waals surface area (Å²) in [7, 11) is 0. The van der Waals surface area contributed by atoms with Gasteiger partial charge in [-0.1, -0.05) is 6.07 Å². The van der Waals surface area contributed by atoms with Crippen molar-refractivity contribution >= 4 is 22.8 Å². The molecule has 0 aliphatic rings. The van der Waals surface area contributed by atoms with Crippen molar-refractivity contribution in [3.63, 3.8) is 0 Å². The van der Waals surface area contributed by atoms with Crippen molar-refractivity contribution in [1.29, 1.82) is 0 Å². The van der Waals surface area contributed by atoms with Crippen molar-refractivity contribution in [1.82, 2.24) is 34.9 Å². The molecule has 4 heterocycles. The number of hydrogen-bond donors (Lipinski definition) is 2. The number of halogens is 3. The maximum Gasteiger partial charge on any atom is 0.388 e. The summed E-state index contributed by atoms with van der Waals surface area (Å²) in [5.74, 6) is 0.267. The van der Waals surface area contributed by atoms with Gasteiger partial charge in [-0.25, -0.2) is 24.1 Å². The standard InChI is InChI=1S/C16H13F3N8O/c17-5-11(9-2-1-3-20-6-9)27-15-10(7-22-27)21-8-13(24-15)23-12-4-14(26-25-12)28-16(18)19/h1-4,6-8,11,16H,5H2,(H2,23,24,25,26)/t11-/m0/s1. The molecule has 28 heavy (non-hydrogen) atoms. The van der Waals surface area contributed by atoms with Gasteiger partial charge in [0, 0.05) is 18.5 Å². The third kappa shape index (κ3) is 3.56. The van der Waals surface area contributed by atoms with E-state index in [1.165, 1.54) is 23.1 Å². The Morgan fingerprint density at radius 2 is 2.11 bits per heavy atom. The van der Waals surface area contributed by atoms with Crippen LogP contribution in [0.25, 0.3) is 11.2 Å². The number of rotatable bonds is 7. The highest BCUT2D eigenvalue weighted by molar-refractivity contribution is 5.72. The fraction of sp³-hybridized carbons (Fsp3) is 0.188. The zero-order valence-corrected chi connectivity index (χ0v) is 14.1. The normalized spacial score (nSPS) is 12.4. The Balaban J connectivity index is 1.63. The van der Waals surface area contributed by atoms with Crippen molar-refractivity contribution in [3.05, 3.63) is 48.5 Å². The van der Waals surface area contributed by atoms with Crippen LogP contribution in [0.2, 0.25) is 0 Å². The second-order valence-electron chi connectivity index (χ2n) is 5.63. The van der Waals surface area contributed by atoms with E-state index in [9.17, 15) is 13.2 Å². The summed E-state index contributed by atoms with van der Waals surface area (Å²) in [6, 6.07) is 3.98. The maximum atomic E-state index is 13.7. The molecule has 0 aliphatic carbocycles. The lowest BCUT2D eigenvalue weighted by atomic mass is 10.1. The predicted molar refractivity (Wildman–Crippen MR) is 92.2 cm³/mol. The topological polar surface area (TPSA) is 106 Å². The molecule has 0 saturated carbocycles. The highest BCUT2D eigenvalue weighted by Gasteiger charge is 2.19. The van der Waals surface area contributed by atoms with E-state index in [1.54, 1.807) is 24.5 Å². The molecule has 0 aliphatic heterocycles. The highest BCUT2D eigenvalue weighted by atomic mass is 19.3. The van der Waals surface area contributed by atoms with Crippen LogP contribution in [0.3, 0.4) is 0 Å². The summed E-state index contributed by atoms with van der Waals surface area (Å²) in [6.45, 7) is -3.68. The van der Waals surface area contributed by atoms with Crippen LogP contribution in [0.5, 0.6) is 5.88 Å². The molecule has 9 nitrogen and oxygen atoms in total. The summed E-state index contributed by atoms with van der Waals surface area (Å²) in [4.78, 5) is 12.6. The van der Waals surface area contributed by atoms with E-state index in [0.29, 0.717) is 16.7 Å². The van der Waals surface area contributed by atoms with E-state index in [0.717, 1.165) is 0 Å². The van der Waals surface area contributed by atoms with E-state index in [2.05, 4.69) is 40.3 Å². The van der Waals surface area contributed by atoms with Crippen molar-refractivity contribution in [3.8, 4) is 5.88 Å². The van der Waals surface area contributed by atoms with Gasteiger partial charge in [0.2, 0.25) is 5.88 Å². The number of H-pyrrole nitrogens is 1. The SMILES string of the molecule is FC[C@@H](c1cccnc1)n1ncc2ncc(Nc3cc(OC(F)F)[nH]n3)nc21. The van der Waals surface area contributed by atoms with Gasteiger partial charge in [-0.2, -0.15) is 19.0 Å². The fourth-order valence-electron chi connectivity index (χ4n) is 2.63. The quantitative estimate of drug-likeness (QED) is 0.500. The van der Waals surface area contributed by atoms with Crippen LogP contribution >= 0.6 is 0 Å². The van der Waals surface area contributed by atoms with Gasteiger partial charge < -0.3 is 10.1 Å². The van der Waals surface area contributed by atoms with Crippen LogP contribution in [0.15, 0.2) is 43.0 Å². The molecule has 144 valence electrons. The molecule has 12 heteroatoms. The first-order chi connectivity index (χ1) is 13.6. The molecular formula is C16H13F3N8O. The predicted octanol–water partition coefficient (Wildman–Crippen LogP) is 2.85. The fourth-order valence-corrected chi connectivity index (χ4v) is 2.63. The van der Waals surface area contributed by atoms with Crippen LogP contribution in [0.4, 0.5) is 24.8 Å². The summed E-state index contributed by atoms with van der Waals surface area (Å²) in [5.41, 5.74) is 1.45. The van der Waals surface area contributed by atoms with Crippen LogP contribution < -0.4 is 10.1 Å². The first kappa shape index (κ1) is 17.7. The Bertz CT molecular complexity index is 1070. The first-order valence-electron chi connectivity index (χ1n) is 8.07. The van der Waals surface area contributed by atoms with Crippen molar-refractivity contribution in [2.75, 3.05) is 12.0 Å². The van der Waals surface area contributed by atoms with Crippen LogP contribution in [0.1, 0.15) is 11.6 Å². The zero-order chi connectivity index (χ0) is 19.5. The first-order valence-corrected chi connectivity index (χ1v) is 8.07. The molecule has 0 unspecified atom stereocenters. The smallest absolute Gasteiger partial charge is 0.388 e. The van der Waals surface area contributed by atoms with Gasteiger partial charge >= 0.3 is 6.61 Å². The van der Waals surface area contributed by atoms with E-state index in [1.807, 2.05) is 0 Å². The number of ether oxygens (including phenoxy) is 1. The Morgan fingerprint density at radius 3 is 2.86 bits per heavy atom. The number of fused-ring (bicyclic) bond motifs is 1. The summed E-state index contributed by atoms with van der Waals surface area (Å²) in [6.07, 6.45) is 6.05. The third-order valence-electron chi connectivity index (χ3n) is 3.84. The minimum atomic E-state index is -2.97. The monoisotopic (exact) mass is 390 g/mol. The van der Waals surface area contributed by atoms with Gasteiger partial charge in [-0.3, -0.25) is 4.98 Å². The van der Waals surface area contributed by atoms with Gasteiger partial charge in [0.05, 0.1) is 12.4 Å². The molecule has 0 bridgehead atoms. The number of pyridine rings is 1. The number of aromatic nitrogens is 7. The van der Waals surface area contributed by atoms with Crippen LogP contribution in [-0.2, 0) is 0 Å². The molecule has 0 saturated heterocycles. The van der Waals surface area contributed by atoms with Gasteiger partial charge in [0.1, 0.15) is 18.2 Å². The van der Waals surface area contributed by atoms with Crippen LogP contribution in [0, 0.1) is 0 Å². The van der Waals surface area contributed by atoms with Gasteiger partial charge in [0.15, 0.2) is 17.3 Å². The zero-order valence-electron chi connectivity index (χ0n) is 14.1. The molecule has 0 spiro atoms. The second-order valence-corrected chi connectivity index (χ2v) is 5.63. The molecule has 4 aromatic rings. The third-order valence-corrected chi connectivity index (χ3v) is 3.84. The molecule has 0 amide bonds. The summed E-state index contributed by atoms with van der Waals surface area (Å²) < 4.78 is 43.8. The molecule has 2 N–H and O–H groups in total. The molecule has 0 radical (unpaired) electrons. The summed E-state index contributed by atoms with van der Waals surface area (Å²) >= 11 is 0. The average Bonchev–Trinajstić information content (AvgIpc) is 3.30. The highest BCUT2D eigenvalue weighted by Crippen LogP contribution is 2.24. The largest absolute Gasteiger partial charge is 0.417 e. The van der Waals surface area contributed by atoms with E-state index in [-0.39, 0.29) is 17.5 Å². The van der Waals surface area contributed by atoms with Crippen molar-refractivity contribution in [2.24, 2.45) is 0 Å². The van der Waals surface area contributed by atoms with E-state index >= 15 is 0 Å². The van der Waals surface area contributed by atoms with Crippen LogP contribution in [-0.4, -0.2) is 48.2 Å². The van der Waals surface area contributed by atoms with E-state index in [4.69, 9.17) is 0 Å². The lowest BCUT2D eigenvalue weighted by molar-refractivity contribution is -0.0528. The average molecular weight is 390 g/mol. The van der Waals surface area contributed by atoms with Crippen molar-refractivity contribution < 1.29 is 17.9 Å². The molecule has 1 atom stereocenters. The summed E-state index contributed by atoms with van der Waals surface area (Å²) in [5, 5.41) is 13.1. The molecule has 4 rings (SSSR count). The Kier molecular flexibility index (Phi) is 4.74. The molecular weight excluding hydrogens is 377 g/mol. The number of hydrogen-bond acceptors (Lipinski definition) is 7. The number of aromatic amines is 1. The Labute approximate surface area is 155 Å². The Morgan fingerprint density at radius 1 is 1.21 bits per heavy atom. The molecule has 0 fully saturated rings. The second kappa shape index (κ2) is 7.50. The number of alkyl halides is 3. The minimum Gasteiger partial charge on any atom is -0.417 e. The van der Waals surface area contributed by atoms with Gasteiger partial charge in [0.25, 0.3) is 0 Å².